The molecule has 6 nitrogen and oxygen atoms in total. The number of carbonyl (C=O) groups excluding carboxylic acids is 1. The van der Waals surface area contributed by atoms with Crippen LogP contribution in [0, 0.1) is 5.92 Å². The molecule has 0 unspecified atom stereocenters. The third kappa shape index (κ3) is 6.16. The summed E-state index contributed by atoms with van der Waals surface area (Å²) in [5.41, 5.74) is -0.613. The van der Waals surface area contributed by atoms with Crippen molar-refractivity contribution in [3.8, 4) is 0 Å². The Labute approximate surface area is 123 Å². The van der Waals surface area contributed by atoms with Crippen LogP contribution in [-0.4, -0.2) is 22.8 Å². The van der Waals surface area contributed by atoms with E-state index in [0.717, 1.165) is 6.08 Å². The van der Waals surface area contributed by atoms with Gasteiger partial charge in [-0.1, -0.05) is 13.0 Å². The first-order valence-corrected chi connectivity index (χ1v) is 6.63. The molecule has 1 amide bonds. The minimum Gasteiger partial charge on any atom is -0.478 e. The summed E-state index contributed by atoms with van der Waals surface area (Å²) in [6.07, 6.45) is 3.44. The highest BCUT2D eigenvalue weighted by Crippen LogP contribution is 2.24. The lowest BCUT2D eigenvalue weighted by molar-refractivity contribution is -0.131. The van der Waals surface area contributed by atoms with Gasteiger partial charge >= 0.3 is 12.1 Å². The molecular weight excluding hydrogens is 274 g/mol. The Morgan fingerprint density at radius 3 is 2.57 bits per heavy atom. The SMILES string of the molecule is C[C@H](C=CC(=O)O)[C@H](NC(=O)OC(C)(C)C)c1ccco1. The molecule has 0 aliphatic heterocycles. The molecule has 6 heteroatoms. The third-order valence-electron chi connectivity index (χ3n) is 2.59. The molecule has 1 aromatic heterocycles. The summed E-state index contributed by atoms with van der Waals surface area (Å²) in [6.45, 7) is 7.08. The predicted octanol–water partition coefficient (Wildman–Crippen LogP) is 3.12. The zero-order chi connectivity index (χ0) is 16.0. The number of rotatable bonds is 5. The van der Waals surface area contributed by atoms with Gasteiger partial charge in [-0.3, -0.25) is 0 Å². The number of hydrogen-bond donors (Lipinski definition) is 2. The molecule has 0 aliphatic carbocycles. The summed E-state index contributed by atoms with van der Waals surface area (Å²) in [5.74, 6) is -0.791. The van der Waals surface area contributed by atoms with Crippen LogP contribution in [0.2, 0.25) is 0 Å². The molecule has 1 rings (SSSR count). The van der Waals surface area contributed by atoms with E-state index in [1.165, 1.54) is 12.3 Å². The van der Waals surface area contributed by atoms with Crippen LogP contribution in [0.15, 0.2) is 35.0 Å². The number of aliphatic carboxylic acids is 1. The van der Waals surface area contributed by atoms with E-state index in [0.29, 0.717) is 5.76 Å². The van der Waals surface area contributed by atoms with E-state index in [-0.39, 0.29) is 5.92 Å². The molecule has 0 bridgehead atoms. The number of alkyl carbamates (subject to hydrolysis) is 1. The molecule has 2 atom stereocenters. The van der Waals surface area contributed by atoms with Gasteiger partial charge in [0.1, 0.15) is 11.4 Å². The number of carbonyl (C=O) groups is 2. The smallest absolute Gasteiger partial charge is 0.408 e. The quantitative estimate of drug-likeness (QED) is 0.815. The number of nitrogens with one attached hydrogen (secondary N) is 1. The van der Waals surface area contributed by atoms with Crippen molar-refractivity contribution in [3.05, 3.63) is 36.3 Å². The average molecular weight is 295 g/mol. The number of hydrogen-bond acceptors (Lipinski definition) is 4. The lowest BCUT2D eigenvalue weighted by Gasteiger charge is -2.24. The van der Waals surface area contributed by atoms with E-state index in [4.69, 9.17) is 14.3 Å². The van der Waals surface area contributed by atoms with E-state index in [9.17, 15) is 9.59 Å². The number of furan rings is 1. The van der Waals surface area contributed by atoms with Gasteiger partial charge in [0.2, 0.25) is 0 Å². The largest absolute Gasteiger partial charge is 0.478 e. The zero-order valence-corrected chi connectivity index (χ0v) is 12.6. The van der Waals surface area contributed by atoms with Crippen molar-refractivity contribution in [2.45, 2.75) is 39.3 Å². The van der Waals surface area contributed by atoms with Gasteiger partial charge in [0.15, 0.2) is 0 Å². The Hall–Kier alpha value is -2.24. The Morgan fingerprint density at radius 2 is 2.10 bits per heavy atom. The first-order valence-electron chi connectivity index (χ1n) is 6.63. The highest BCUT2D eigenvalue weighted by atomic mass is 16.6. The maximum Gasteiger partial charge on any atom is 0.408 e. The predicted molar refractivity (Wildman–Crippen MR) is 76.8 cm³/mol. The van der Waals surface area contributed by atoms with Crippen molar-refractivity contribution in [2.24, 2.45) is 5.92 Å². The van der Waals surface area contributed by atoms with E-state index < -0.39 is 23.7 Å². The van der Waals surface area contributed by atoms with Crippen LogP contribution < -0.4 is 5.32 Å². The van der Waals surface area contributed by atoms with Crippen molar-refractivity contribution >= 4 is 12.1 Å². The lowest BCUT2D eigenvalue weighted by Crippen LogP contribution is -2.36. The van der Waals surface area contributed by atoms with Crippen molar-refractivity contribution in [3.63, 3.8) is 0 Å². The second kappa shape index (κ2) is 6.97. The number of amides is 1. The molecule has 116 valence electrons. The van der Waals surface area contributed by atoms with E-state index >= 15 is 0 Å². The maximum absolute atomic E-state index is 11.9. The van der Waals surface area contributed by atoms with Gasteiger partial charge in [-0.15, -0.1) is 0 Å². The van der Waals surface area contributed by atoms with Crippen molar-refractivity contribution in [1.82, 2.24) is 5.32 Å². The van der Waals surface area contributed by atoms with Crippen LogP contribution in [0.3, 0.4) is 0 Å². The third-order valence-corrected chi connectivity index (χ3v) is 2.59. The summed E-state index contributed by atoms with van der Waals surface area (Å²) in [7, 11) is 0. The van der Waals surface area contributed by atoms with Crippen LogP contribution in [-0.2, 0) is 9.53 Å². The molecule has 0 fully saturated rings. The Bertz CT molecular complexity index is 499. The van der Waals surface area contributed by atoms with Gasteiger partial charge in [0.05, 0.1) is 12.3 Å². The topological polar surface area (TPSA) is 88.8 Å². The molecule has 2 N–H and O–H groups in total. The first-order chi connectivity index (χ1) is 9.69. The standard InChI is InChI=1S/C15H21NO5/c1-10(7-8-12(17)18)13(11-6-5-9-20-11)16-14(19)21-15(2,3)4/h5-10,13H,1-4H3,(H,16,19)(H,17,18)/t10-,13+/m1/s1. The Morgan fingerprint density at radius 1 is 1.43 bits per heavy atom. The van der Waals surface area contributed by atoms with Crippen LogP contribution >= 0.6 is 0 Å². The summed E-state index contributed by atoms with van der Waals surface area (Å²) in [4.78, 5) is 22.5. The van der Waals surface area contributed by atoms with Gasteiger partial charge in [0.25, 0.3) is 0 Å². The average Bonchev–Trinajstić information content (AvgIpc) is 2.84. The molecule has 0 radical (unpaired) electrons. The second-order valence-corrected chi connectivity index (χ2v) is 5.70. The monoisotopic (exact) mass is 295 g/mol. The Kier molecular flexibility index (Phi) is 5.58. The van der Waals surface area contributed by atoms with Crippen LogP contribution in [0.4, 0.5) is 4.79 Å². The highest BCUT2D eigenvalue weighted by molar-refractivity contribution is 5.79. The molecule has 0 saturated carbocycles. The zero-order valence-electron chi connectivity index (χ0n) is 12.6. The minimum atomic E-state index is -1.04. The normalized spacial score (nSPS) is 14.7. The Balaban J connectivity index is 2.84. The van der Waals surface area contributed by atoms with E-state index in [1.54, 1.807) is 39.8 Å². The first kappa shape index (κ1) is 16.8. The van der Waals surface area contributed by atoms with Gasteiger partial charge < -0.3 is 19.6 Å². The highest BCUT2D eigenvalue weighted by Gasteiger charge is 2.25. The fraction of sp³-hybridized carbons (Fsp3) is 0.467. The summed E-state index contributed by atoms with van der Waals surface area (Å²) < 4.78 is 10.5. The molecule has 0 aliphatic rings. The van der Waals surface area contributed by atoms with Gasteiger partial charge in [-0.25, -0.2) is 9.59 Å². The van der Waals surface area contributed by atoms with Crippen molar-refractivity contribution in [1.29, 1.82) is 0 Å². The van der Waals surface area contributed by atoms with Gasteiger partial charge in [-0.2, -0.15) is 0 Å². The van der Waals surface area contributed by atoms with E-state index in [1.807, 2.05) is 0 Å². The van der Waals surface area contributed by atoms with Gasteiger partial charge in [0, 0.05) is 12.0 Å². The summed E-state index contributed by atoms with van der Waals surface area (Å²) in [6, 6.07) is 2.91. The second-order valence-electron chi connectivity index (χ2n) is 5.70. The summed E-state index contributed by atoms with van der Waals surface area (Å²) in [5, 5.41) is 11.4. The van der Waals surface area contributed by atoms with Crippen LogP contribution in [0.25, 0.3) is 0 Å². The van der Waals surface area contributed by atoms with Crippen LogP contribution in [0.1, 0.15) is 39.5 Å². The molecule has 1 heterocycles. The van der Waals surface area contributed by atoms with Crippen molar-refractivity contribution in [2.75, 3.05) is 0 Å². The van der Waals surface area contributed by atoms with Gasteiger partial charge in [-0.05, 0) is 32.9 Å². The molecule has 1 aromatic rings. The molecule has 0 spiro atoms. The lowest BCUT2D eigenvalue weighted by atomic mass is 9.99. The molecule has 0 aromatic carbocycles. The summed E-state index contributed by atoms with van der Waals surface area (Å²) >= 11 is 0. The van der Waals surface area contributed by atoms with E-state index in [2.05, 4.69) is 5.32 Å². The molecule has 0 saturated heterocycles. The number of carboxylic acid groups (broad SMARTS) is 1. The molecule has 21 heavy (non-hydrogen) atoms. The minimum absolute atomic E-state index is 0.278. The molecular formula is C15H21NO5. The maximum atomic E-state index is 11.9. The number of carboxylic acids is 1. The number of ether oxygens (including phenoxy) is 1. The fourth-order valence-corrected chi connectivity index (χ4v) is 1.71. The van der Waals surface area contributed by atoms with Crippen LogP contribution in [0.5, 0.6) is 0 Å². The van der Waals surface area contributed by atoms with Crippen molar-refractivity contribution < 1.29 is 23.8 Å². The fourth-order valence-electron chi connectivity index (χ4n) is 1.71.